The van der Waals surface area contributed by atoms with Crippen molar-refractivity contribution >= 4 is 17.5 Å². The first-order valence-electron chi connectivity index (χ1n) is 6.15. The van der Waals surface area contributed by atoms with E-state index < -0.39 is 11.8 Å². The molecule has 0 saturated carbocycles. The highest BCUT2D eigenvalue weighted by Crippen LogP contribution is 2.13. The number of benzene rings is 1. The van der Waals surface area contributed by atoms with Crippen LogP contribution in [0.3, 0.4) is 0 Å². The summed E-state index contributed by atoms with van der Waals surface area (Å²) in [6, 6.07) is 7.22. The zero-order chi connectivity index (χ0) is 14.1. The summed E-state index contributed by atoms with van der Waals surface area (Å²) in [5.41, 5.74) is 11.1. The zero-order valence-corrected chi connectivity index (χ0v) is 10.7. The summed E-state index contributed by atoms with van der Waals surface area (Å²) in [5.74, 6) is -0.902. The third-order valence-corrected chi connectivity index (χ3v) is 2.48. The van der Waals surface area contributed by atoms with Crippen molar-refractivity contribution in [3.8, 4) is 5.75 Å². The second-order valence-corrected chi connectivity index (χ2v) is 4.10. The standard InChI is InChI=1S/C13H19N3O3/c14-10-4-6-11(7-5-10)19-9-3-1-2-8-16-13(18)12(15)17/h4-7H,1-3,8-9,14H2,(H2,15,17)(H,16,18). The van der Waals surface area contributed by atoms with E-state index in [-0.39, 0.29) is 0 Å². The van der Waals surface area contributed by atoms with Crippen LogP contribution in [0.25, 0.3) is 0 Å². The van der Waals surface area contributed by atoms with Gasteiger partial charge in [0.15, 0.2) is 0 Å². The lowest BCUT2D eigenvalue weighted by atomic mass is 10.2. The van der Waals surface area contributed by atoms with Gasteiger partial charge in [-0.15, -0.1) is 0 Å². The lowest BCUT2D eigenvalue weighted by molar-refractivity contribution is -0.137. The van der Waals surface area contributed by atoms with Crippen LogP contribution in [-0.4, -0.2) is 25.0 Å². The van der Waals surface area contributed by atoms with E-state index in [1.165, 1.54) is 0 Å². The molecule has 6 heteroatoms. The SMILES string of the molecule is NC(=O)C(=O)NCCCCCOc1ccc(N)cc1. The van der Waals surface area contributed by atoms with Crippen molar-refractivity contribution in [1.29, 1.82) is 0 Å². The Balaban J connectivity index is 2.01. The first-order chi connectivity index (χ1) is 9.09. The molecule has 0 aromatic heterocycles. The van der Waals surface area contributed by atoms with Crippen LogP contribution >= 0.6 is 0 Å². The van der Waals surface area contributed by atoms with Crippen LogP contribution in [0.15, 0.2) is 24.3 Å². The summed E-state index contributed by atoms with van der Waals surface area (Å²) in [6.45, 7) is 1.05. The Kier molecular flexibility index (Phi) is 6.21. The molecule has 104 valence electrons. The molecule has 1 aromatic rings. The van der Waals surface area contributed by atoms with Gasteiger partial charge < -0.3 is 21.5 Å². The van der Waals surface area contributed by atoms with Crippen molar-refractivity contribution in [3.63, 3.8) is 0 Å². The highest BCUT2D eigenvalue weighted by molar-refractivity contribution is 6.34. The van der Waals surface area contributed by atoms with Gasteiger partial charge in [0, 0.05) is 12.2 Å². The van der Waals surface area contributed by atoms with Crippen molar-refractivity contribution in [2.75, 3.05) is 18.9 Å². The number of nitrogens with one attached hydrogen (secondary N) is 1. The van der Waals surface area contributed by atoms with Crippen LogP contribution in [0.5, 0.6) is 5.75 Å². The first-order valence-corrected chi connectivity index (χ1v) is 6.15. The van der Waals surface area contributed by atoms with E-state index in [1.807, 2.05) is 12.1 Å². The number of carbonyl (C=O) groups excluding carboxylic acids is 2. The van der Waals surface area contributed by atoms with Gasteiger partial charge in [-0.1, -0.05) is 0 Å². The van der Waals surface area contributed by atoms with Crippen LogP contribution in [0.1, 0.15) is 19.3 Å². The van der Waals surface area contributed by atoms with Crippen molar-refractivity contribution in [2.45, 2.75) is 19.3 Å². The number of rotatable bonds is 7. The average molecular weight is 265 g/mol. The molecule has 1 rings (SSSR count). The van der Waals surface area contributed by atoms with E-state index in [9.17, 15) is 9.59 Å². The largest absolute Gasteiger partial charge is 0.494 e. The Morgan fingerprint density at radius 3 is 2.42 bits per heavy atom. The topological polar surface area (TPSA) is 107 Å². The molecule has 5 N–H and O–H groups in total. The van der Waals surface area contributed by atoms with Crippen molar-refractivity contribution in [1.82, 2.24) is 5.32 Å². The van der Waals surface area contributed by atoms with Crippen molar-refractivity contribution < 1.29 is 14.3 Å². The number of anilines is 1. The highest BCUT2D eigenvalue weighted by atomic mass is 16.5. The molecule has 0 saturated heterocycles. The summed E-state index contributed by atoms with van der Waals surface area (Å²) < 4.78 is 5.51. The maximum atomic E-state index is 10.8. The van der Waals surface area contributed by atoms with Gasteiger partial charge in [0.1, 0.15) is 5.75 Å². The van der Waals surface area contributed by atoms with E-state index >= 15 is 0 Å². The number of hydrogen-bond acceptors (Lipinski definition) is 4. The summed E-state index contributed by atoms with van der Waals surface area (Å²) in [6.07, 6.45) is 2.55. The Bertz CT molecular complexity index is 418. The van der Waals surface area contributed by atoms with E-state index in [1.54, 1.807) is 12.1 Å². The monoisotopic (exact) mass is 265 g/mol. The zero-order valence-electron chi connectivity index (χ0n) is 10.7. The third-order valence-electron chi connectivity index (χ3n) is 2.48. The molecule has 0 heterocycles. The second-order valence-electron chi connectivity index (χ2n) is 4.10. The van der Waals surface area contributed by atoms with Gasteiger partial charge in [-0.2, -0.15) is 0 Å². The summed E-state index contributed by atoms with van der Waals surface area (Å²) in [5, 5.41) is 2.43. The summed E-state index contributed by atoms with van der Waals surface area (Å²) in [4.78, 5) is 21.3. The fraction of sp³-hybridized carbons (Fsp3) is 0.385. The van der Waals surface area contributed by atoms with Gasteiger partial charge in [-0.05, 0) is 43.5 Å². The van der Waals surface area contributed by atoms with Crippen LogP contribution in [0, 0.1) is 0 Å². The molecular weight excluding hydrogens is 246 g/mol. The minimum Gasteiger partial charge on any atom is -0.494 e. The lowest BCUT2D eigenvalue weighted by Gasteiger charge is -2.06. The number of primary amides is 1. The molecule has 0 aliphatic rings. The van der Waals surface area contributed by atoms with E-state index in [2.05, 4.69) is 5.32 Å². The molecule has 0 bridgehead atoms. The molecule has 0 aliphatic heterocycles. The quantitative estimate of drug-likeness (QED) is 0.377. The third kappa shape index (κ3) is 6.30. The predicted molar refractivity (Wildman–Crippen MR) is 72.4 cm³/mol. The van der Waals surface area contributed by atoms with Crippen LogP contribution < -0.4 is 21.5 Å². The Morgan fingerprint density at radius 1 is 1.11 bits per heavy atom. The van der Waals surface area contributed by atoms with Crippen LogP contribution in [-0.2, 0) is 9.59 Å². The van der Waals surface area contributed by atoms with Crippen molar-refractivity contribution in [2.24, 2.45) is 5.73 Å². The minimum absolute atomic E-state index is 0.448. The number of unbranched alkanes of at least 4 members (excludes halogenated alkanes) is 2. The predicted octanol–water partition coefficient (Wildman–Crippen LogP) is 0.419. The molecule has 0 unspecified atom stereocenters. The number of ether oxygens (including phenoxy) is 1. The highest BCUT2D eigenvalue weighted by Gasteiger charge is 2.05. The van der Waals surface area contributed by atoms with Gasteiger partial charge in [-0.3, -0.25) is 9.59 Å². The first kappa shape index (κ1) is 14.8. The molecule has 0 radical (unpaired) electrons. The lowest BCUT2D eigenvalue weighted by Crippen LogP contribution is -2.36. The smallest absolute Gasteiger partial charge is 0.309 e. The van der Waals surface area contributed by atoms with Gasteiger partial charge in [0.2, 0.25) is 0 Å². The molecule has 6 nitrogen and oxygen atoms in total. The molecule has 0 aliphatic carbocycles. The number of nitrogen functional groups attached to an aromatic ring is 1. The summed E-state index contributed by atoms with van der Waals surface area (Å²) in [7, 11) is 0. The molecule has 2 amide bonds. The van der Waals surface area contributed by atoms with E-state index in [0.29, 0.717) is 18.8 Å². The molecule has 0 spiro atoms. The van der Waals surface area contributed by atoms with Gasteiger partial charge in [-0.25, -0.2) is 0 Å². The minimum atomic E-state index is -0.952. The number of nitrogens with two attached hydrogens (primary N) is 2. The normalized spacial score (nSPS) is 9.89. The Labute approximate surface area is 112 Å². The second kappa shape index (κ2) is 7.97. The van der Waals surface area contributed by atoms with Gasteiger partial charge in [0.05, 0.1) is 6.61 Å². The fourth-order valence-electron chi connectivity index (χ4n) is 1.45. The maximum Gasteiger partial charge on any atom is 0.309 e. The molecular formula is C13H19N3O3. The average Bonchev–Trinajstić information content (AvgIpc) is 2.39. The number of carbonyl (C=O) groups is 2. The molecule has 19 heavy (non-hydrogen) atoms. The molecule has 1 aromatic carbocycles. The van der Waals surface area contributed by atoms with Gasteiger partial charge in [0.25, 0.3) is 0 Å². The Morgan fingerprint density at radius 2 is 1.79 bits per heavy atom. The van der Waals surface area contributed by atoms with Gasteiger partial charge >= 0.3 is 11.8 Å². The number of amides is 2. The maximum absolute atomic E-state index is 10.8. The van der Waals surface area contributed by atoms with Crippen LogP contribution in [0.4, 0.5) is 5.69 Å². The fourth-order valence-corrected chi connectivity index (χ4v) is 1.45. The van der Waals surface area contributed by atoms with E-state index in [0.717, 1.165) is 25.0 Å². The molecule has 0 atom stereocenters. The summed E-state index contributed by atoms with van der Waals surface area (Å²) >= 11 is 0. The van der Waals surface area contributed by atoms with Crippen LogP contribution in [0.2, 0.25) is 0 Å². The Hall–Kier alpha value is -2.24. The van der Waals surface area contributed by atoms with E-state index in [4.69, 9.17) is 16.2 Å². The van der Waals surface area contributed by atoms with Crippen molar-refractivity contribution in [3.05, 3.63) is 24.3 Å². The number of hydrogen-bond donors (Lipinski definition) is 3. The molecule has 0 fully saturated rings.